The first-order valence-electron chi connectivity index (χ1n) is 7.38. The Hall–Kier alpha value is -2.66. The van der Waals surface area contributed by atoms with Crippen LogP contribution in [0.15, 0.2) is 47.4 Å². The molecule has 27 heavy (non-hydrogen) atoms. The maximum absolute atomic E-state index is 12.7. The molecule has 2 N–H and O–H groups in total. The fraction of sp³-hybridized carbons (Fsp3) is 0.125. The van der Waals surface area contributed by atoms with Gasteiger partial charge in [-0.15, -0.1) is 0 Å². The molecule has 0 saturated heterocycles. The summed E-state index contributed by atoms with van der Waals surface area (Å²) in [6, 6.07) is 7.82. The number of carbonyl (C=O) groups excluding carboxylic acids is 1. The minimum atomic E-state index is -4.52. The highest BCUT2D eigenvalue weighted by molar-refractivity contribution is 7.90. The highest BCUT2D eigenvalue weighted by Crippen LogP contribution is 2.31. The zero-order chi connectivity index (χ0) is 19.8. The maximum atomic E-state index is 12.7. The minimum absolute atomic E-state index is 0.0252. The third-order valence-electron chi connectivity index (χ3n) is 3.46. The van der Waals surface area contributed by atoms with E-state index in [-0.39, 0.29) is 15.7 Å². The molecular weight excluding hydrogens is 403 g/mol. The molecule has 1 aromatic heterocycles. The molecule has 0 aliphatic rings. The number of benzene rings is 2. The number of hydrogen-bond donors (Lipinski definition) is 2. The van der Waals surface area contributed by atoms with E-state index in [2.05, 4.69) is 15.6 Å². The summed E-state index contributed by atoms with van der Waals surface area (Å²) >= 11 is 1.05. The molecule has 6 nitrogen and oxygen atoms in total. The zero-order valence-electron chi connectivity index (χ0n) is 13.7. The second-order valence-electron chi connectivity index (χ2n) is 5.58. The minimum Gasteiger partial charge on any atom is -0.308 e. The SMILES string of the molecule is CS(=O)(=O)c1ccc2nc(NC(=O)Nc3cccc(C(F)(F)F)c3)sc2c1. The summed E-state index contributed by atoms with van der Waals surface area (Å²) in [5, 5.41) is 4.91. The number of urea groups is 1. The van der Waals surface area contributed by atoms with Crippen LogP contribution in [0.25, 0.3) is 10.2 Å². The molecular formula is C16H12F3N3O3S2. The number of aromatic nitrogens is 1. The van der Waals surface area contributed by atoms with Crippen molar-refractivity contribution in [3.05, 3.63) is 48.0 Å². The number of fused-ring (bicyclic) bond motifs is 1. The van der Waals surface area contributed by atoms with E-state index in [9.17, 15) is 26.4 Å². The van der Waals surface area contributed by atoms with E-state index in [1.807, 2.05) is 0 Å². The predicted octanol–water partition coefficient (Wildman–Crippen LogP) is 4.36. The van der Waals surface area contributed by atoms with Crippen molar-refractivity contribution in [2.75, 3.05) is 16.9 Å². The molecule has 0 radical (unpaired) electrons. The fourth-order valence-electron chi connectivity index (χ4n) is 2.22. The van der Waals surface area contributed by atoms with Gasteiger partial charge in [0, 0.05) is 11.9 Å². The van der Waals surface area contributed by atoms with E-state index in [1.165, 1.54) is 30.3 Å². The number of thiazole rings is 1. The second kappa shape index (κ2) is 6.82. The van der Waals surface area contributed by atoms with Gasteiger partial charge in [0.1, 0.15) is 0 Å². The molecule has 0 spiro atoms. The fourth-order valence-corrected chi connectivity index (χ4v) is 3.84. The molecule has 0 saturated carbocycles. The average Bonchev–Trinajstić information content (AvgIpc) is 2.94. The smallest absolute Gasteiger partial charge is 0.308 e. The number of hydrogen-bond acceptors (Lipinski definition) is 5. The molecule has 2 amide bonds. The van der Waals surface area contributed by atoms with Gasteiger partial charge in [-0.2, -0.15) is 13.2 Å². The van der Waals surface area contributed by atoms with Crippen LogP contribution in [0.1, 0.15) is 5.56 Å². The van der Waals surface area contributed by atoms with Crippen LogP contribution in [0.2, 0.25) is 0 Å². The van der Waals surface area contributed by atoms with Crippen molar-refractivity contribution in [3.63, 3.8) is 0 Å². The van der Waals surface area contributed by atoms with E-state index in [0.29, 0.717) is 10.2 Å². The lowest BCUT2D eigenvalue weighted by Crippen LogP contribution is -2.19. The lowest BCUT2D eigenvalue weighted by atomic mass is 10.2. The van der Waals surface area contributed by atoms with Crippen LogP contribution in [0.3, 0.4) is 0 Å². The Morgan fingerprint density at radius 2 is 1.85 bits per heavy atom. The van der Waals surface area contributed by atoms with Crippen LogP contribution in [0.4, 0.5) is 28.8 Å². The topological polar surface area (TPSA) is 88.2 Å². The summed E-state index contributed by atoms with van der Waals surface area (Å²) in [5.41, 5.74) is -0.418. The third kappa shape index (κ3) is 4.55. The molecule has 1 heterocycles. The second-order valence-corrected chi connectivity index (χ2v) is 8.62. The average molecular weight is 415 g/mol. The van der Waals surface area contributed by atoms with Gasteiger partial charge in [0.15, 0.2) is 15.0 Å². The molecule has 3 rings (SSSR count). The molecule has 0 unspecified atom stereocenters. The van der Waals surface area contributed by atoms with E-state index in [0.717, 1.165) is 29.7 Å². The van der Waals surface area contributed by atoms with Gasteiger partial charge in [-0.25, -0.2) is 18.2 Å². The number of rotatable bonds is 3. The lowest BCUT2D eigenvalue weighted by molar-refractivity contribution is -0.137. The standard InChI is InChI=1S/C16H12F3N3O3S2/c1-27(24,25)11-5-6-12-13(8-11)26-15(21-12)22-14(23)20-10-4-2-3-9(7-10)16(17,18)19/h2-8H,1H3,(H2,20,21,22,23). The Bertz CT molecular complexity index is 1120. The molecule has 0 aliphatic heterocycles. The number of nitrogens with one attached hydrogen (secondary N) is 2. The van der Waals surface area contributed by atoms with Crippen molar-refractivity contribution in [2.24, 2.45) is 0 Å². The van der Waals surface area contributed by atoms with Gasteiger partial charge in [0.05, 0.1) is 20.7 Å². The zero-order valence-corrected chi connectivity index (χ0v) is 15.3. The number of alkyl halides is 3. The van der Waals surface area contributed by atoms with Crippen molar-refractivity contribution in [3.8, 4) is 0 Å². The number of sulfone groups is 1. The number of amides is 2. The number of carbonyl (C=O) groups is 1. The summed E-state index contributed by atoms with van der Waals surface area (Å²) in [6.45, 7) is 0. The first kappa shape index (κ1) is 19.1. The Morgan fingerprint density at radius 1 is 1.11 bits per heavy atom. The molecule has 11 heteroatoms. The first-order valence-corrected chi connectivity index (χ1v) is 10.1. The Labute approximate surface area is 156 Å². The number of nitrogens with zero attached hydrogens (tertiary/aromatic N) is 1. The molecule has 0 bridgehead atoms. The highest BCUT2D eigenvalue weighted by atomic mass is 32.2. The van der Waals surface area contributed by atoms with Gasteiger partial charge in [-0.3, -0.25) is 5.32 Å². The van der Waals surface area contributed by atoms with Gasteiger partial charge in [0.25, 0.3) is 0 Å². The summed E-state index contributed by atoms with van der Waals surface area (Å²) < 4.78 is 61.8. The van der Waals surface area contributed by atoms with Crippen LogP contribution in [-0.4, -0.2) is 25.7 Å². The Morgan fingerprint density at radius 3 is 2.52 bits per heavy atom. The monoisotopic (exact) mass is 415 g/mol. The molecule has 0 atom stereocenters. The van der Waals surface area contributed by atoms with Crippen LogP contribution >= 0.6 is 11.3 Å². The summed E-state index contributed by atoms with van der Waals surface area (Å²) in [7, 11) is -3.38. The van der Waals surface area contributed by atoms with E-state index in [1.54, 1.807) is 0 Å². The van der Waals surface area contributed by atoms with Gasteiger partial charge in [0.2, 0.25) is 0 Å². The quantitative estimate of drug-likeness (QED) is 0.665. The molecule has 142 valence electrons. The van der Waals surface area contributed by atoms with Crippen LogP contribution in [0.5, 0.6) is 0 Å². The van der Waals surface area contributed by atoms with Crippen LogP contribution < -0.4 is 10.6 Å². The first-order chi connectivity index (χ1) is 12.5. The number of halogens is 3. The molecule has 0 fully saturated rings. The normalized spacial score (nSPS) is 12.1. The Balaban J connectivity index is 1.76. The van der Waals surface area contributed by atoms with E-state index < -0.39 is 27.6 Å². The lowest BCUT2D eigenvalue weighted by Gasteiger charge is -2.09. The molecule has 3 aromatic rings. The van der Waals surface area contributed by atoms with Crippen LogP contribution in [-0.2, 0) is 16.0 Å². The van der Waals surface area contributed by atoms with Gasteiger partial charge >= 0.3 is 12.2 Å². The van der Waals surface area contributed by atoms with Crippen molar-refractivity contribution >= 4 is 48.2 Å². The summed E-state index contributed by atoms with van der Waals surface area (Å²) in [4.78, 5) is 16.3. The van der Waals surface area contributed by atoms with Gasteiger partial charge in [-0.1, -0.05) is 17.4 Å². The third-order valence-corrected chi connectivity index (χ3v) is 5.50. The van der Waals surface area contributed by atoms with E-state index in [4.69, 9.17) is 0 Å². The predicted molar refractivity (Wildman–Crippen MR) is 96.8 cm³/mol. The van der Waals surface area contributed by atoms with Crippen molar-refractivity contribution in [1.82, 2.24) is 4.98 Å². The van der Waals surface area contributed by atoms with Crippen molar-refractivity contribution < 1.29 is 26.4 Å². The molecule has 2 aromatic carbocycles. The maximum Gasteiger partial charge on any atom is 0.416 e. The van der Waals surface area contributed by atoms with E-state index >= 15 is 0 Å². The Kier molecular flexibility index (Phi) is 4.82. The van der Waals surface area contributed by atoms with Crippen LogP contribution in [0, 0.1) is 0 Å². The van der Waals surface area contributed by atoms with Crippen molar-refractivity contribution in [1.29, 1.82) is 0 Å². The summed E-state index contributed by atoms with van der Waals surface area (Å²) in [6.07, 6.45) is -3.44. The summed E-state index contributed by atoms with van der Waals surface area (Å²) in [5.74, 6) is 0. The molecule has 0 aliphatic carbocycles. The largest absolute Gasteiger partial charge is 0.416 e. The highest BCUT2D eigenvalue weighted by Gasteiger charge is 2.30. The van der Waals surface area contributed by atoms with Gasteiger partial charge < -0.3 is 5.32 Å². The van der Waals surface area contributed by atoms with Crippen molar-refractivity contribution in [2.45, 2.75) is 11.1 Å². The number of anilines is 2. The van der Waals surface area contributed by atoms with Gasteiger partial charge in [-0.05, 0) is 36.4 Å².